The van der Waals surface area contributed by atoms with Crippen molar-refractivity contribution in [2.24, 2.45) is 11.8 Å². The van der Waals surface area contributed by atoms with Crippen LogP contribution in [0.15, 0.2) is 17.0 Å². The van der Waals surface area contributed by atoms with Crippen LogP contribution in [0, 0.1) is 18.8 Å². The first-order chi connectivity index (χ1) is 9.80. The highest BCUT2D eigenvalue weighted by atomic mass is 35.5. The first-order valence-corrected chi connectivity index (χ1v) is 8.86. The van der Waals surface area contributed by atoms with Gasteiger partial charge in [0.05, 0.1) is 11.0 Å². The molecule has 2 aliphatic rings. The molecule has 2 fully saturated rings. The average Bonchev–Trinajstić information content (AvgIpc) is 2.97. The fraction of sp³-hybridized carbons (Fsp3) is 0.571. The average molecular weight is 331 g/mol. The molecule has 1 aliphatic carbocycles. The number of aliphatic hydroxyl groups is 1. The van der Waals surface area contributed by atoms with E-state index in [0.717, 1.165) is 12.8 Å². The lowest BCUT2D eigenvalue weighted by Crippen LogP contribution is -2.31. The minimum absolute atomic E-state index is 0.0524. The molecule has 0 spiro atoms. The highest BCUT2D eigenvalue weighted by Crippen LogP contribution is 2.41. The van der Waals surface area contributed by atoms with Gasteiger partial charge in [-0.25, -0.2) is 8.42 Å². The van der Waals surface area contributed by atoms with E-state index >= 15 is 0 Å². The summed E-state index contributed by atoms with van der Waals surface area (Å²) in [7, 11) is -3.62. The van der Waals surface area contributed by atoms with E-state index in [0.29, 0.717) is 29.4 Å². The number of nitrogens with two attached hydrogens (primary N) is 1. The third kappa shape index (κ3) is 2.44. The summed E-state index contributed by atoms with van der Waals surface area (Å²) in [6.45, 7) is 2.53. The van der Waals surface area contributed by atoms with E-state index in [1.807, 2.05) is 0 Å². The Morgan fingerprint density at radius 1 is 1.33 bits per heavy atom. The summed E-state index contributed by atoms with van der Waals surface area (Å²) >= 11 is 5.95. The molecule has 3 N–H and O–H groups in total. The number of benzene rings is 1. The third-order valence-corrected chi connectivity index (χ3v) is 6.94. The number of aliphatic hydroxyl groups excluding tert-OH is 1. The SMILES string of the molecule is Cc1c(N)cc(Cl)cc1S(=O)(=O)N1CC2CCC(O)C2C1. The number of nitrogen functional groups attached to an aromatic ring is 1. The minimum Gasteiger partial charge on any atom is -0.398 e. The summed E-state index contributed by atoms with van der Waals surface area (Å²) in [5, 5.41) is 10.2. The van der Waals surface area contributed by atoms with Gasteiger partial charge in [-0.2, -0.15) is 4.31 Å². The van der Waals surface area contributed by atoms with Gasteiger partial charge in [0.25, 0.3) is 0 Å². The monoisotopic (exact) mass is 330 g/mol. The summed E-state index contributed by atoms with van der Waals surface area (Å²) in [5.41, 5.74) is 6.72. The number of sulfonamides is 1. The first-order valence-electron chi connectivity index (χ1n) is 7.04. The smallest absolute Gasteiger partial charge is 0.243 e. The van der Waals surface area contributed by atoms with E-state index < -0.39 is 10.0 Å². The highest BCUT2D eigenvalue weighted by molar-refractivity contribution is 7.89. The molecule has 0 bridgehead atoms. The lowest BCUT2D eigenvalue weighted by molar-refractivity contribution is 0.129. The van der Waals surface area contributed by atoms with Crippen molar-refractivity contribution in [2.45, 2.75) is 30.8 Å². The van der Waals surface area contributed by atoms with Crippen molar-refractivity contribution in [1.29, 1.82) is 0 Å². The summed E-state index contributed by atoms with van der Waals surface area (Å²) in [6.07, 6.45) is 1.27. The Kier molecular flexibility index (Phi) is 3.68. The van der Waals surface area contributed by atoms with Crippen LogP contribution in [0.5, 0.6) is 0 Å². The molecule has 1 aromatic carbocycles. The second kappa shape index (κ2) is 5.12. The second-order valence-electron chi connectivity index (χ2n) is 6.01. The fourth-order valence-corrected chi connectivity index (χ4v) is 5.58. The van der Waals surface area contributed by atoms with Crippen molar-refractivity contribution < 1.29 is 13.5 Å². The first kappa shape index (κ1) is 15.1. The molecule has 21 heavy (non-hydrogen) atoms. The Morgan fingerprint density at radius 2 is 2.05 bits per heavy atom. The molecule has 3 rings (SSSR count). The Balaban J connectivity index is 1.96. The molecule has 3 unspecified atom stereocenters. The largest absolute Gasteiger partial charge is 0.398 e. The van der Waals surface area contributed by atoms with Crippen molar-refractivity contribution in [1.82, 2.24) is 4.31 Å². The number of nitrogens with zero attached hydrogens (tertiary/aromatic N) is 1. The molecular formula is C14H19ClN2O3S. The van der Waals surface area contributed by atoms with Crippen LogP contribution in [-0.2, 0) is 10.0 Å². The Hall–Kier alpha value is -0.820. The van der Waals surface area contributed by atoms with Gasteiger partial charge < -0.3 is 10.8 Å². The number of rotatable bonds is 2. The van der Waals surface area contributed by atoms with Gasteiger partial charge in [-0.1, -0.05) is 11.6 Å². The second-order valence-corrected chi connectivity index (χ2v) is 8.35. The summed E-state index contributed by atoms with van der Waals surface area (Å²) < 4.78 is 27.1. The van der Waals surface area contributed by atoms with Crippen molar-refractivity contribution in [3.05, 3.63) is 22.7 Å². The molecule has 116 valence electrons. The summed E-state index contributed by atoms with van der Waals surface area (Å²) in [4.78, 5) is 0.168. The van der Waals surface area contributed by atoms with E-state index in [1.165, 1.54) is 10.4 Å². The highest BCUT2D eigenvalue weighted by Gasteiger charge is 2.46. The molecule has 1 aromatic rings. The maximum Gasteiger partial charge on any atom is 0.243 e. The number of anilines is 1. The summed E-state index contributed by atoms with van der Waals surface area (Å²) in [6, 6.07) is 3.01. The lowest BCUT2D eigenvalue weighted by atomic mass is 10.00. The van der Waals surface area contributed by atoms with Crippen LogP contribution < -0.4 is 5.73 Å². The Bertz CT molecular complexity index is 677. The molecule has 0 aromatic heterocycles. The predicted octanol–water partition coefficient (Wildman–Crippen LogP) is 1.62. The zero-order valence-electron chi connectivity index (χ0n) is 11.8. The van der Waals surface area contributed by atoms with Crippen LogP contribution in [0.2, 0.25) is 5.02 Å². The molecule has 1 aliphatic heterocycles. The van der Waals surface area contributed by atoms with Crippen LogP contribution in [-0.4, -0.2) is 37.0 Å². The van der Waals surface area contributed by atoms with Gasteiger partial charge in [0.15, 0.2) is 0 Å². The van der Waals surface area contributed by atoms with Crippen LogP contribution >= 0.6 is 11.6 Å². The van der Waals surface area contributed by atoms with Crippen molar-refractivity contribution in [3.63, 3.8) is 0 Å². The van der Waals surface area contributed by atoms with Gasteiger partial charge in [-0.15, -0.1) is 0 Å². The quantitative estimate of drug-likeness (QED) is 0.807. The minimum atomic E-state index is -3.62. The molecule has 0 radical (unpaired) electrons. The van der Waals surface area contributed by atoms with Crippen LogP contribution in [0.3, 0.4) is 0 Å². The van der Waals surface area contributed by atoms with E-state index in [-0.39, 0.29) is 22.8 Å². The standard InChI is InChI=1S/C14H19ClN2O3S/c1-8-12(16)4-10(15)5-14(8)21(19,20)17-6-9-2-3-13(18)11(9)7-17/h4-5,9,11,13,18H,2-3,6-7,16H2,1H3. The molecule has 1 saturated carbocycles. The van der Waals surface area contributed by atoms with Crippen molar-refractivity contribution in [3.8, 4) is 0 Å². The normalized spacial score (nSPS) is 29.8. The maximum absolute atomic E-state index is 12.8. The zero-order chi connectivity index (χ0) is 15.4. The van der Waals surface area contributed by atoms with Crippen molar-refractivity contribution >= 4 is 27.3 Å². The zero-order valence-corrected chi connectivity index (χ0v) is 13.4. The van der Waals surface area contributed by atoms with Gasteiger partial charge in [0.1, 0.15) is 0 Å². The molecular weight excluding hydrogens is 312 g/mol. The van der Waals surface area contributed by atoms with Crippen LogP contribution in [0.4, 0.5) is 5.69 Å². The van der Waals surface area contributed by atoms with Crippen LogP contribution in [0.25, 0.3) is 0 Å². The topological polar surface area (TPSA) is 83.6 Å². The molecule has 1 saturated heterocycles. The van der Waals surface area contributed by atoms with E-state index in [2.05, 4.69) is 0 Å². The lowest BCUT2D eigenvalue weighted by Gasteiger charge is -2.20. The van der Waals surface area contributed by atoms with Gasteiger partial charge in [-0.3, -0.25) is 0 Å². The molecule has 3 atom stereocenters. The fourth-order valence-electron chi connectivity index (χ4n) is 3.47. The number of hydrogen-bond donors (Lipinski definition) is 2. The summed E-state index contributed by atoms with van der Waals surface area (Å²) in [5.74, 6) is 0.309. The third-order valence-electron chi connectivity index (χ3n) is 4.77. The molecule has 0 amide bonds. The number of halogens is 1. The Morgan fingerprint density at radius 3 is 2.71 bits per heavy atom. The van der Waals surface area contributed by atoms with Crippen LogP contribution in [0.1, 0.15) is 18.4 Å². The predicted molar refractivity (Wildman–Crippen MR) is 81.6 cm³/mol. The van der Waals surface area contributed by atoms with E-state index in [1.54, 1.807) is 13.0 Å². The van der Waals surface area contributed by atoms with Crippen molar-refractivity contribution in [2.75, 3.05) is 18.8 Å². The number of fused-ring (bicyclic) bond motifs is 1. The van der Waals surface area contributed by atoms with Gasteiger partial charge in [0.2, 0.25) is 10.0 Å². The molecule has 7 heteroatoms. The molecule has 5 nitrogen and oxygen atoms in total. The van der Waals surface area contributed by atoms with Gasteiger partial charge >= 0.3 is 0 Å². The van der Waals surface area contributed by atoms with E-state index in [4.69, 9.17) is 17.3 Å². The van der Waals surface area contributed by atoms with Gasteiger partial charge in [0, 0.05) is 29.7 Å². The van der Waals surface area contributed by atoms with Gasteiger partial charge in [-0.05, 0) is 43.4 Å². The Labute approximate surface area is 129 Å². The number of hydrogen-bond acceptors (Lipinski definition) is 4. The maximum atomic E-state index is 12.8. The van der Waals surface area contributed by atoms with E-state index in [9.17, 15) is 13.5 Å². The molecule has 1 heterocycles.